The molecular formula is C76H132O6. The maximum absolute atomic E-state index is 13.0. The van der Waals surface area contributed by atoms with Crippen molar-refractivity contribution in [2.75, 3.05) is 13.2 Å². The lowest BCUT2D eigenvalue weighted by Crippen LogP contribution is -2.30. The first-order valence-electron chi connectivity index (χ1n) is 35.2. The standard InChI is InChI=1S/C76H132O6/c1-4-7-10-13-16-19-22-25-28-30-32-34-36-38-40-41-43-45-48-51-54-57-60-63-66-69-75(78)81-72-73(71-80-74(77)68-65-62-59-56-53-50-47-27-24-21-18-15-12-9-6-3)82-76(79)70-67-64-61-58-55-52-49-46-44-42-39-37-35-33-31-29-26-23-20-17-14-11-8-5-2/h9,12,18,21-22,25,27,30,32,36,38,47,53,56,62,65,73H,4-8,10-11,13-17,19-20,23-24,26,28-29,31,33-35,37,39-46,48-52,54-55,57-61,63-64,66-72H2,1-3H3/b12-9-,21-18-,25-22-,32-30-,38-36-,47-27-,56-53-,65-62-. The summed E-state index contributed by atoms with van der Waals surface area (Å²) in [5.74, 6) is -1.03. The van der Waals surface area contributed by atoms with Gasteiger partial charge in [-0.05, 0) is 83.5 Å². The average Bonchev–Trinajstić information content (AvgIpc) is 3.48. The molecule has 1 atom stereocenters. The topological polar surface area (TPSA) is 78.9 Å². The number of carbonyl (C=O) groups is 3. The van der Waals surface area contributed by atoms with Crippen LogP contribution in [-0.4, -0.2) is 37.2 Å². The van der Waals surface area contributed by atoms with Gasteiger partial charge < -0.3 is 14.2 Å². The lowest BCUT2D eigenvalue weighted by atomic mass is 10.0. The number of rotatable bonds is 64. The quantitative estimate of drug-likeness (QED) is 0.0261. The van der Waals surface area contributed by atoms with Crippen molar-refractivity contribution in [1.29, 1.82) is 0 Å². The maximum Gasteiger partial charge on any atom is 0.309 e. The number of carbonyl (C=O) groups excluding carboxylic acids is 3. The summed E-state index contributed by atoms with van der Waals surface area (Å²) in [6, 6.07) is 0. The SMILES string of the molecule is CC/C=C\C/C=C\C/C=C\C/C=C\C/C=C\CC(=O)OCC(COC(=O)CCCCCCCCCCCC/C=C\C/C=C\C/C=C\CCCCCCC)OC(=O)CCCCCCCCCCCCCCCCCCCCCCCCCC. The Morgan fingerprint density at radius 1 is 0.268 bits per heavy atom. The molecule has 0 rings (SSSR count). The predicted molar refractivity (Wildman–Crippen MR) is 357 cm³/mol. The molecule has 0 saturated carbocycles. The average molecular weight is 1140 g/mol. The van der Waals surface area contributed by atoms with Gasteiger partial charge in [0.2, 0.25) is 0 Å². The van der Waals surface area contributed by atoms with Gasteiger partial charge >= 0.3 is 17.9 Å². The third-order valence-corrected chi connectivity index (χ3v) is 15.4. The van der Waals surface area contributed by atoms with Crippen LogP contribution in [0.15, 0.2) is 97.2 Å². The minimum absolute atomic E-state index is 0.107. The van der Waals surface area contributed by atoms with Crippen LogP contribution in [0.2, 0.25) is 0 Å². The van der Waals surface area contributed by atoms with Gasteiger partial charge in [0.05, 0.1) is 6.42 Å². The molecule has 82 heavy (non-hydrogen) atoms. The number of allylic oxidation sites excluding steroid dienone is 15. The Hall–Kier alpha value is -3.67. The minimum atomic E-state index is -0.820. The van der Waals surface area contributed by atoms with E-state index in [2.05, 4.69) is 106 Å². The van der Waals surface area contributed by atoms with Crippen LogP contribution in [0.1, 0.15) is 348 Å². The van der Waals surface area contributed by atoms with Crippen LogP contribution in [0, 0.1) is 0 Å². The summed E-state index contributed by atoms with van der Waals surface area (Å²) in [5.41, 5.74) is 0. The Morgan fingerprint density at radius 2 is 0.524 bits per heavy atom. The molecule has 0 fully saturated rings. The summed E-state index contributed by atoms with van der Waals surface area (Å²) in [5, 5.41) is 0. The highest BCUT2D eigenvalue weighted by Crippen LogP contribution is 2.18. The first kappa shape index (κ1) is 78.3. The second kappa shape index (κ2) is 69.8. The fourth-order valence-electron chi connectivity index (χ4n) is 10.1. The van der Waals surface area contributed by atoms with E-state index >= 15 is 0 Å². The highest BCUT2D eigenvalue weighted by molar-refractivity contribution is 5.72. The van der Waals surface area contributed by atoms with Gasteiger partial charge in [-0.2, -0.15) is 0 Å². The number of hydrogen-bond acceptors (Lipinski definition) is 6. The predicted octanol–water partition coefficient (Wildman–Crippen LogP) is 24.4. The molecule has 0 aliphatic carbocycles. The molecule has 0 saturated heterocycles. The van der Waals surface area contributed by atoms with Crippen LogP contribution in [-0.2, 0) is 28.6 Å². The number of ether oxygens (including phenoxy) is 3. The molecule has 0 aromatic heterocycles. The van der Waals surface area contributed by atoms with Crippen LogP contribution in [0.25, 0.3) is 0 Å². The fraction of sp³-hybridized carbons (Fsp3) is 0.750. The highest BCUT2D eigenvalue weighted by atomic mass is 16.6. The molecule has 472 valence electrons. The van der Waals surface area contributed by atoms with Crippen molar-refractivity contribution >= 4 is 17.9 Å². The highest BCUT2D eigenvalue weighted by Gasteiger charge is 2.19. The van der Waals surface area contributed by atoms with E-state index in [0.717, 1.165) is 83.5 Å². The minimum Gasteiger partial charge on any atom is -0.462 e. The molecule has 0 heterocycles. The van der Waals surface area contributed by atoms with E-state index in [9.17, 15) is 14.4 Å². The van der Waals surface area contributed by atoms with Gasteiger partial charge in [0.25, 0.3) is 0 Å². The fourth-order valence-corrected chi connectivity index (χ4v) is 10.1. The zero-order valence-corrected chi connectivity index (χ0v) is 54.2. The molecule has 6 nitrogen and oxygen atoms in total. The zero-order chi connectivity index (χ0) is 59.2. The van der Waals surface area contributed by atoms with E-state index in [1.54, 1.807) is 6.08 Å². The molecule has 0 spiro atoms. The van der Waals surface area contributed by atoms with Gasteiger partial charge in [0.15, 0.2) is 6.10 Å². The largest absolute Gasteiger partial charge is 0.462 e. The summed E-state index contributed by atoms with van der Waals surface area (Å²) in [7, 11) is 0. The van der Waals surface area contributed by atoms with Crippen molar-refractivity contribution in [3.8, 4) is 0 Å². The van der Waals surface area contributed by atoms with E-state index in [1.807, 2.05) is 6.08 Å². The van der Waals surface area contributed by atoms with Crippen LogP contribution in [0.5, 0.6) is 0 Å². The van der Waals surface area contributed by atoms with Gasteiger partial charge in [-0.15, -0.1) is 0 Å². The monoisotopic (exact) mass is 1140 g/mol. The molecule has 0 amide bonds. The van der Waals surface area contributed by atoms with Gasteiger partial charge in [0.1, 0.15) is 13.2 Å². The van der Waals surface area contributed by atoms with Gasteiger partial charge in [0, 0.05) is 12.8 Å². The van der Waals surface area contributed by atoms with E-state index in [0.29, 0.717) is 12.8 Å². The third-order valence-electron chi connectivity index (χ3n) is 15.4. The summed E-state index contributed by atoms with van der Waals surface area (Å²) in [6.07, 6.45) is 94.6. The first-order valence-corrected chi connectivity index (χ1v) is 35.2. The second-order valence-corrected chi connectivity index (χ2v) is 23.4. The lowest BCUT2D eigenvalue weighted by molar-refractivity contribution is -0.166. The van der Waals surface area contributed by atoms with E-state index in [4.69, 9.17) is 14.2 Å². The Morgan fingerprint density at radius 3 is 0.854 bits per heavy atom. The van der Waals surface area contributed by atoms with Gasteiger partial charge in [-0.1, -0.05) is 343 Å². The van der Waals surface area contributed by atoms with Crippen LogP contribution < -0.4 is 0 Å². The normalized spacial score (nSPS) is 12.7. The molecule has 0 bridgehead atoms. The molecular weight excluding hydrogens is 1010 g/mol. The Kier molecular flexibility index (Phi) is 66.7. The van der Waals surface area contributed by atoms with E-state index in [1.165, 1.54) is 225 Å². The van der Waals surface area contributed by atoms with Crippen LogP contribution >= 0.6 is 0 Å². The number of unbranched alkanes of at least 4 members (excludes halogenated alkanes) is 38. The summed E-state index contributed by atoms with van der Waals surface area (Å²) in [6.45, 7) is 6.47. The first-order chi connectivity index (χ1) is 40.5. The Labute approximate surface area is 508 Å². The van der Waals surface area contributed by atoms with Crippen molar-refractivity contribution < 1.29 is 28.6 Å². The molecule has 0 aromatic carbocycles. The molecule has 0 aliphatic rings. The van der Waals surface area contributed by atoms with Gasteiger partial charge in [-0.25, -0.2) is 0 Å². The van der Waals surface area contributed by atoms with E-state index < -0.39 is 12.1 Å². The number of hydrogen-bond donors (Lipinski definition) is 0. The number of esters is 3. The molecule has 0 aliphatic heterocycles. The van der Waals surface area contributed by atoms with Gasteiger partial charge in [-0.3, -0.25) is 14.4 Å². The zero-order valence-electron chi connectivity index (χ0n) is 54.2. The summed E-state index contributed by atoms with van der Waals surface area (Å²) < 4.78 is 16.9. The molecule has 6 heteroatoms. The maximum atomic E-state index is 13.0. The van der Waals surface area contributed by atoms with Crippen molar-refractivity contribution in [2.45, 2.75) is 354 Å². The molecule has 1 unspecified atom stereocenters. The smallest absolute Gasteiger partial charge is 0.309 e. The molecule has 0 aromatic rings. The van der Waals surface area contributed by atoms with Crippen molar-refractivity contribution in [3.63, 3.8) is 0 Å². The Balaban J connectivity index is 4.36. The molecule has 0 radical (unpaired) electrons. The van der Waals surface area contributed by atoms with Crippen molar-refractivity contribution in [3.05, 3.63) is 97.2 Å². The lowest BCUT2D eigenvalue weighted by Gasteiger charge is -2.18. The summed E-state index contributed by atoms with van der Waals surface area (Å²) in [4.78, 5) is 38.4. The third kappa shape index (κ3) is 67.1. The van der Waals surface area contributed by atoms with Crippen molar-refractivity contribution in [1.82, 2.24) is 0 Å². The van der Waals surface area contributed by atoms with Crippen molar-refractivity contribution in [2.24, 2.45) is 0 Å². The van der Waals surface area contributed by atoms with E-state index in [-0.39, 0.29) is 31.6 Å². The Bertz CT molecular complexity index is 1590. The molecule has 0 N–H and O–H groups in total. The summed E-state index contributed by atoms with van der Waals surface area (Å²) >= 11 is 0. The second-order valence-electron chi connectivity index (χ2n) is 23.4. The van der Waals surface area contributed by atoms with Crippen LogP contribution in [0.3, 0.4) is 0 Å². The van der Waals surface area contributed by atoms with Crippen LogP contribution in [0.4, 0.5) is 0 Å².